The van der Waals surface area contributed by atoms with Gasteiger partial charge in [0, 0.05) is 5.54 Å². The monoisotopic (exact) mass is 274 g/mol. The lowest BCUT2D eigenvalue weighted by atomic mass is 10.0. The first-order chi connectivity index (χ1) is 8.18. The molecule has 0 aliphatic heterocycles. The van der Waals surface area contributed by atoms with E-state index in [-0.39, 0.29) is 10.6 Å². The molecule has 6 heteroatoms. The van der Waals surface area contributed by atoms with E-state index in [2.05, 4.69) is 4.72 Å². The summed E-state index contributed by atoms with van der Waals surface area (Å²) >= 11 is 0. The van der Waals surface area contributed by atoms with Crippen molar-refractivity contribution in [2.75, 3.05) is 5.73 Å². The molecule has 0 bridgehead atoms. The highest BCUT2D eigenvalue weighted by molar-refractivity contribution is 7.89. The van der Waals surface area contributed by atoms with Crippen LogP contribution < -0.4 is 10.5 Å². The van der Waals surface area contributed by atoms with Gasteiger partial charge in [0.1, 0.15) is 10.7 Å². The van der Waals surface area contributed by atoms with Gasteiger partial charge in [0.05, 0.1) is 5.69 Å². The fourth-order valence-corrected chi connectivity index (χ4v) is 3.42. The SMILES string of the molecule is CCCC(C)(C)NS(=O)(=O)c1cc(F)ccc1N. The second kappa shape index (κ2) is 5.24. The minimum Gasteiger partial charge on any atom is -0.398 e. The van der Waals surface area contributed by atoms with Gasteiger partial charge in [-0.25, -0.2) is 17.5 Å². The molecule has 1 rings (SSSR count). The van der Waals surface area contributed by atoms with Crippen LogP contribution in [0.15, 0.2) is 23.1 Å². The van der Waals surface area contributed by atoms with E-state index in [0.29, 0.717) is 6.42 Å². The van der Waals surface area contributed by atoms with Crippen LogP contribution in [0.5, 0.6) is 0 Å². The van der Waals surface area contributed by atoms with Crippen LogP contribution in [0, 0.1) is 5.82 Å². The summed E-state index contributed by atoms with van der Waals surface area (Å²) in [5.41, 5.74) is 5.03. The molecule has 0 unspecified atom stereocenters. The number of nitrogen functional groups attached to an aromatic ring is 1. The van der Waals surface area contributed by atoms with Gasteiger partial charge < -0.3 is 5.73 Å². The molecule has 4 nitrogen and oxygen atoms in total. The number of nitrogens with two attached hydrogens (primary N) is 1. The molecule has 1 aromatic carbocycles. The van der Waals surface area contributed by atoms with Gasteiger partial charge in [-0.1, -0.05) is 13.3 Å². The Hall–Kier alpha value is -1.14. The van der Waals surface area contributed by atoms with Crippen molar-refractivity contribution in [3.05, 3.63) is 24.0 Å². The van der Waals surface area contributed by atoms with Crippen molar-refractivity contribution >= 4 is 15.7 Å². The van der Waals surface area contributed by atoms with Crippen molar-refractivity contribution in [1.29, 1.82) is 0 Å². The Bertz CT molecular complexity index is 527. The number of nitrogens with one attached hydrogen (secondary N) is 1. The molecule has 0 aliphatic rings. The van der Waals surface area contributed by atoms with Gasteiger partial charge in [0.2, 0.25) is 10.0 Å². The second-order valence-electron chi connectivity index (χ2n) is 4.92. The average molecular weight is 274 g/mol. The largest absolute Gasteiger partial charge is 0.398 e. The van der Waals surface area contributed by atoms with Crippen LogP contribution in [0.4, 0.5) is 10.1 Å². The first kappa shape index (κ1) is 14.9. The predicted molar refractivity (Wildman–Crippen MR) is 70.1 cm³/mol. The van der Waals surface area contributed by atoms with Gasteiger partial charge in [-0.3, -0.25) is 0 Å². The van der Waals surface area contributed by atoms with Gasteiger partial charge in [0.25, 0.3) is 0 Å². The predicted octanol–water partition coefficient (Wildman–Crippen LogP) is 2.26. The number of hydrogen-bond donors (Lipinski definition) is 2. The molecule has 0 aromatic heterocycles. The quantitative estimate of drug-likeness (QED) is 0.809. The zero-order valence-electron chi connectivity index (χ0n) is 10.8. The second-order valence-corrected chi connectivity index (χ2v) is 6.57. The van der Waals surface area contributed by atoms with Crippen LogP contribution in [0.2, 0.25) is 0 Å². The Labute approximate surface area is 107 Å². The van der Waals surface area contributed by atoms with Crippen LogP contribution >= 0.6 is 0 Å². The lowest BCUT2D eigenvalue weighted by Crippen LogP contribution is -2.43. The van der Waals surface area contributed by atoms with E-state index >= 15 is 0 Å². The molecule has 0 atom stereocenters. The van der Waals surface area contributed by atoms with Crippen LogP contribution in [0.25, 0.3) is 0 Å². The van der Waals surface area contributed by atoms with E-state index in [9.17, 15) is 12.8 Å². The minimum absolute atomic E-state index is 0.0381. The fourth-order valence-electron chi connectivity index (χ4n) is 1.84. The van der Waals surface area contributed by atoms with Gasteiger partial charge in [-0.15, -0.1) is 0 Å². The Balaban J connectivity index is 3.11. The number of halogens is 1. The zero-order valence-corrected chi connectivity index (χ0v) is 11.6. The molecule has 18 heavy (non-hydrogen) atoms. The van der Waals surface area contributed by atoms with E-state index in [1.165, 1.54) is 6.07 Å². The molecule has 0 saturated heterocycles. The van der Waals surface area contributed by atoms with Crippen molar-refractivity contribution in [3.63, 3.8) is 0 Å². The van der Waals surface area contributed by atoms with Gasteiger partial charge in [0.15, 0.2) is 0 Å². The van der Waals surface area contributed by atoms with Crippen molar-refractivity contribution in [2.45, 2.75) is 44.0 Å². The molecule has 1 aromatic rings. The summed E-state index contributed by atoms with van der Waals surface area (Å²) in [4.78, 5) is -0.216. The first-order valence-electron chi connectivity index (χ1n) is 5.77. The standard InChI is InChI=1S/C12H19FN2O2S/c1-4-7-12(2,3)15-18(16,17)11-8-9(13)5-6-10(11)14/h5-6,8,15H,4,7,14H2,1-3H3. The summed E-state index contributed by atoms with van der Waals surface area (Å²) in [6.07, 6.45) is 1.52. The topological polar surface area (TPSA) is 72.2 Å². The third-order valence-corrected chi connectivity index (χ3v) is 4.30. The molecular weight excluding hydrogens is 255 g/mol. The molecule has 0 radical (unpaired) electrons. The molecule has 0 fully saturated rings. The van der Waals surface area contributed by atoms with Crippen LogP contribution in [-0.2, 0) is 10.0 Å². The highest BCUT2D eigenvalue weighted by Crippen LogP contribution is 2.22. The maximum absolute atomic E-state index is 13.1. The van der Waals surface area contributed by atoms with E-state index in [0.717, 1.165) is 18.6 Å². The fraction of sp³-hybridized carbons (Fsp3) is 0.500. The lowest BCUT2D eigenvalue weighted by Gasteiger charge is -2.25. The zero-order chi connectivity index (χ0) is 14.0. The van der Waals surface area contributed by atoms with E-state index in [4.69, 9.17) is 5.73 Å². The first-order valence-corrected chi connectivity index (χ1v) is 7.25. The normalized spacial score (nSPS) is 12.7. The van der Waals surface area contributed by atoms with E-state index in [1.54, 1.807) is 13.8 Å². The summed E-state index contributed by atoms with van der Waals surface area (Å²) in [6.45, 7) is 5.53. The third kappa shape index (κ3) is 3.68. The van der Waals surface area contributed by atoms with Crippen LogP contribution in [-0.4, -0.2) is 14.0 Å². The van der Waals surface area contributed by atoms with E-state index in [1.807, 2.05) is 6.92 Å². The molecule has 3 N–H and O–H groups in total. The Kier molecular flexibility index (Phi) is 4.34. The Morgan fingerprint density at radius 3 is 2.56 bits per heavy atom. The van der Waals surface area contributed by atoms with Gasteiger partial charge in [-0.2, -0.15) is 0 Å². The number of sulfonamides is 1. The Morgan fingerprint density at radius 1 is 1.39 bits per heavy atom. The number of rotatable bonds is 5. The summed E-state index contributed by atoms with van der Waals surface area (Å²) in [5, 5.41) is 0. The Morgan fingerprint density at radius 2 is 2.00 bits per heavy atom. The highest BCUT2D eigenvalue weighted by atomic mass is 32.2. The number of hydrogen-bond acceptors (Lipinski definition) is 3. The lowest BCUT2D eigenvalue weighted by molar-refractivity contribution is 0.417. The van der Waals surface area contributed by atoms with Crippen molar-refractivity contribution in [3.8, 4) is 0 Å². The maximum atomic E-state index is 13.1. The van der Waals surface area contributed by atoms with Crippen molar-refractivity contribution in [2.24, 2.45) is 0 Å². The average Bonchev–Trinajstić information content (AvgIpc) is 2.19. The summed E-state index contributed by atoms with van der Waals surface area (Å²) < 4.78 is 39.9. The van der Waals surface area contributed by atoms with Crippen LogP contribution in [0.3, 0.4) is 0 Å². The van der Waals surface area contributed by atoms with Gasteiger partial charge in [-0.05, 0) is 38.5 Å². The third-order valence-electron chi connectivity index (χ3n) is 2.55. The molecule has 0 spiro atoms. The minimum atomic E-state index is -3.81. The highest BCUT2D eigenvalue weighted by Gasteiger charge is 2.27. The summed E-state index contributed by atoms with van der Waals surface area (Å²) in [7, 11) is -3.81. The number of anilines is 1. The molecular formula is C12H19FN2O2S. The van der Waals surface area contributed by atoms with Crippen molar-refractivity contribution < 1.29 is 12.8 Å². The van der Waals surface area contributed by atoms with Crippen LogP contribution in [0.1, 0.15) is 33.6 Å². The molecule has 0 heterocycles. The number of benzene rings is 1. The van der Waals surface area contributed by atoms with E-state index < -0.39 is 21.4 Å². The van der Waals surface area contributed by atoms with Crippen molar-refractivity contribution in [1.82, 2.24) is 4.72 Å². The molecule has 0 aliphatic carbocycles. The smallest absolute Gasteiger partial charge is 0.243 e. The van der Waals surface area contributed by atoms with Gasteiger partial charge >= 0.3 is 0 Å². The molecule has 0 saturated carbocycles. The molecule has 102 valence electrons. The summed E-state index contributed by atoms with van der Waals surface area (Å²) in [5.74, 6) is -0.627. The summed E-state index contributed by atoms with van der Waals surface area (Å²) in [6, 6.07) is 3.31. The molecule has 0 amide bonds. The maximum Gasteiger partial charge on any atom is 0.243 e.